The standard InChI is InChI=1S/C15H15N3O3/c1-3-10(2)14(19)16-11-6-4-5-7-13(11)18-9-8-12(17-18)15(20)21/h3-9H,1-2H3,(H,16,19)(H,20,21)/b10-3+. The highest BCUT2D eigenvalue weighted by Crippen LogP contribution is 2.20. The maximum atomic E-state index is 11.9. The number of carbonyl (C=O) groups excluding carboxylic acids is 1. The zero-order valence-electron chi connectivity index (χ0n) is 11.7. The molecular formula is C15H15N3O3. The van der Waals surface area contributed by atoms with E-state index in [1.807, 2.05) is 0 Å². The molecule has 0 aliphatic heterocycles. The number of allylic oxidation sites excluding steroid dienone is 1. The summed E-state index contributed by atoms with van der Waals surface area (Å²) in [5, 5.41) is 15.7. The fourth-order valence-corrected chi connectivity index (χ4v) is 1.70. The van der Waals surface area contributed by atoms with Crippen LogP contribution in [0, 0.1) is 0 Å². The van der Waals surface area contributed by atoms with Gasteiger partial charge < -0.3 is 10.4 Å². The number of hydrogen-bond acceptors (Lipinski definition) is 3. The second-order valence-electron chi connectivity index (χ2n) is 4.39. The van der Waals surface area contributed by atoms with Crippen molar-refractivity contribution in [1.82, 2.24) is 9.78 Å². The molecule has 0 spiro atoms. The summed E-state index contributed by atoms with van der Waals surface area (Å²) in [4.78, 5) is 22.8. The lowest BCUT2D eigenvalue weighted by atomic mass is 10.2. The SMILES string of the molecule is C/C=C(\C)C(=O)Nc1ccccc1-n1ccc(C(=O)O)n1. The van der Waals surface area contributed by atoms with Gasteiger partial charge >= 0.3 is 5.97 Å². The average Bonchev–Trinajstić information content (AvgIpc) is 2.96. The molecular weight excluding hydrogens is 270 g/mol. The zero-order chi connectivity index (χ0) is 15.4. The normalized spacial score (nSPS) is 11.2. The lowest BCUT2D eigenvalue weighted by molar-refractivity contribution is -0.112. The van der Waals surface area contributed by atoms with E-state index >= 15 is 0 Å². The number of nitrogens with zero attached hydrogens (tertiary/aromatic N) is 2. The van der Waals surface area contributed by atoms with Crippen LogP contribution < -0.4 is 5.32 Å². The molecule has 0 saturated heterocycles. The predicted octanol–water partition coefficient (Wildman–Crippen LogP) is 2.48. The van der Waals surface area contributed by atoms with Gasteiger partial charge in [-0.05, 0) is 32.0 Å². The van der Waals surface area contributed by atoms with Gasteiger partial charge in [-0.3, -0.25) is 4.79 Å². The van der Waals surface area contributed by atoms with Gasteiger partial charge in [0, 0.05) is 11.8 Å². The fraction of sp³-hybridized carbons (Fsp3) is 0.133. The molecule has 0 aliphatic rings. The summed E-state index contributed by atoms with van der Waals surface area (Å²) in [5.74, 6) is -1.31. The number of amides is 1. The molecule has 0 aliphatic carbocycles. The molecule has 1 aromatic carbocycles. The Morgan fingerprint density at radius 2 is 2.00 bits per heavy atom. The van der Waals surface area contributed by atoms with E-state index in [0.29, 0.717) is 16.9 Å². The van der Waals surface area contributed by atoms with Crippen LogP contribution >= 0.6 is 0 Å². The monoisotopic (exact) mass is 285 g/mol. The Balaban J connectivity index is 2.36. The van der Waals surface area contributed by atoms with Crippen LogP contribution in [0.2, 0.25) is 0 Å². The number of hydrogen-bond donors (Lipinski definition) is 2. The molecule has 21 heavy (non-hydrogen) atoms. The summed E-state index contributed by atoms with van der Waals surface area (Å²) >= 11 is 0. The van der Waals surface area contributed by atoms with Gasteiger partial charge in [-0.1, -0.05) is 18.2 Å². The molecule has 6 nitrogen and oxygen atoms in total. The Morgan fingerprint density at radius 1 is 1.29 bits per heavy atom. The van der Waals surface area contributed by atoms with Gasteiger partial charge in [-0.15, -0.1) is 0 Å². The summed E-state index contributed by atoms with van der Waals surface area (Å²) in [6, 6.07) is 8.46. The Hall–Kier alpha value is -2.89. The third-order valence-corrected chi connectivity index (χ3v) is 3.00. The van der Waals surface area contributed by atoms with Crippen LogP contribution in [-0.2, 0) is 4.79 Å². The highest BCUT2D eigenvalue weighted by atomic mass is 16.4. The number of aromatic nitrogens is 2. The Kier molecular flexibility index (Phi) is 4.18. The Labute approximate surface area is 121 Å². The van der Waals surface area contributed by atoms with Crippen molar-refractivity contribution in [2.45, 2.75) is 13.8 Å². The van der Waals surface area contributed by atoms with Crippen LogP contribution in [0.3, 0.4) is 0 Å². The molecule has 2 aromatic rings. The van der Waals surface area contributed by atoms with Crippen molar-refractivity contribution in [2.75, 3.05) is 5.32 Å². The van der Waals surface area contributed by atoms with E-state index < -0.39 is 5.97 Å². The summed E-state index contributed by atoms with van der Waals surface area (Å²) < 4.78 is 1.42. The molecule has 0 fully saturated rings. The van der Waals surface area contributed by atoms with Crippen molar-refractivity contribution in [3.63, 3.8) is 0 Å². The van der Waals surface area contributed by atoms with Gasteiger partial charge in [-0.25, -0.2) is 9.48 Å². The van der Waals surface area contributed by atoms with Gasteiger partial charge in [-0.2, -0.15) is 5.10 Å². The van der Waals surface area contributed by atoms with Crippen molar-refractivity contribution in [3.8, 4) is 5.69 Å². The largest absolute Gasteiger partial charge is 0.476 e. The summed E-state index contributed by atoms with van der Waals surface area (Å²) in [6.07, 6.45) is 3.26. The first-order valence-corrected chi connectivity index (χ1v) is 6.35. The predicted molar refractivity (Wildman–Crippen MR) is 78.6 cm³/mol. The van der Waals surface area contributed by atoms with Crippen LogP contribution in [0.25, 0.3) is 5.69 Å². The fourth-order valence-electron chi connectivity index (χ4n) is 1.70. The minimum Gasteiger partial charge on any atom is -0.476 e. The summed E-state index contributed by atoms with van der Waals surface area (Å²) in [7, 11) is 0. The van der Waals surface area contributed by atoms with E-state index in [9.17, 15) is 9.59 Å². The number of para-hydroxylation sites is 2. The Morgan fingerprint density at radius 3 is 2.62 bits per heavy atom. The van der Waals surface area contributed by atoms with Gasteiger partial charge in [0.2, 0.25) is 0 Å². The van der Waals surface area contributed by atoms with E-state index in [4.69, 9.17) is 5.11 Å². The first-order chi connectivity index (χ1) is 10.0. The minimum atomic E-state index is -1.10. The third kappa shape index (κ3) is 3.17. The topological polar surface area (TPSA) is 84.2 Å². The van der Waals surface area contributed by atoms with Gasteiger partial charge in [0.15, 0.2) is 5.69 Å². The lowest BCUT2D eigenvalue weighted by Gasteiger charge is -2.11. The number of carboxylic acid groups (broad SMARTS) is 1. The molecule has 2 N–H and O–H groups in total. The number of carboxylic acids is 1. The first kappa shape index (κ1) is 14.5. The summed E-state index contributed by atoms with van der Waals surface area (Å²) in [6.45, 7) is 3.50. The second-order valence-corrected chi connectivity index (χ2v) is 4.39. The molecule has 0 unspecified atom stereocenters. The molecule has 0 bridgehead atoms. The van der Waals surface area contributed by atoms with Crippen molar-refractivity contribution < 1.29 is 14.7 Å². The number of anilines is 1. The van der Waals surface area contributed by atoms with Crippen molar-refractivity contribution in [1.29, 1.82) is 0 Å². The maximum Gasteiger partial charge on any atom is 0.356 e. The molecule has 2 rings (SSSR count). The van der Waals surface area contributed by atoms with E-state index in [2.05, 4.69) is 10.4 Å². The number of carbonyl (C=O) groups is 2. The lowest BCUT2D eigenvalue weighted by Crippen LogP contribution is -2.14. The van der Waals surface area contributed by atoms with Crippen molar-refractivity contribution >= 4 is 17.6 Å². The molecule has 0 atom stereocenters. The van der Waals surface area contributed by atoms with Crippen molar-refractivity contribution in [3.05, 3.63) is 53.9 Å². The van der Waals surface area contributed by atoms with E-state index in [0.717, 1.165) is 0 Å². The highest BCUT2D eigenvalue weighted by Gasteiger charge is 2.12. The molecule has 1 heterocycles. The number of nitrogens with one attached hydrogen (secondary N) is 1. The van der Waals surface area contributed by atoms with Gasteiger partial charge in [0.25, 0.3) is 5.91 Å². The Bertz CT molecular complexity index is 716. The van der Waals surface area contributed by atoms with Crippen molar-refractivity contribution in [2.24, 2.45) is 0 Å². The van der Waals surface area contributed by atoms with Crippen LogP contribution in [0.15, 0.2) is 48.2 Å². The van der Waals surface area contributed by atoms with E-state index in [1.54, 1.807) is 44.2 Å². The second kappa shape index (κ2) is 6.04. The van der Waals surface area contributed by atoms with Crippen LogP contribution in [0.1, 0.15) is 24.3 Å². The smallest absolute Gasteiger partial charge is 0.356 e. The number of rotatable bonds is 4. The zero-order valence-corrected chi connectivity index (χ0v) is 11.7. The molecule has 108 valence electrons. The quantitative estimate of drug-likeness (QED) is 0.845. The summed E-state index contributed by atoms with van der Waals surface area (Å²) in [5.41, 5.74) is 1.70. The molecule has 6 heteroatoms. The van der Waals surface area contributed by atoms with E-state index in [1.165, 1.54) is 16.9 Å². The number of aromatic carboxylic acids is 1. The van der Waals surface area contributed by atoms with Gasteiger partial charge in [0.1, 0.15) is 0 Å². The average molecular weight is 285 g/mol. The highest BCUT2D eigenvalue weighted by molar-refractivity contribution is 6.04. The van der Waals surface area contributed by atoms with Crippen LogP contribution in [0.5, 0.6) is 0 Å². The van der Waals surface area contributed by atoms with Gasteiger partial charge in [0.05, 0.1) is 11.4 Å². The minimum absolute atomic E-state index is 0.0548. The molecule has 1 amide bonds. The van der Waals surface area contributed by atoms with Crippen LogP contribution in [-0.4, -0.2) is 26.8 Å². The first-order valence-electron chi connectivity index (χ1n) is 6.35. The third-order valence-electron chi connectivity index (χ3n) is 3.00. The van der Waals surface area contributed by atoms with Crippen LogP contribution in [0.4, 0.5) is 5.69 Å². The molecule has 0 radical (unpaired) electrons. The molecule has 0 saturated carbocycles. The van der Waals surface area contributed by atoms with E-state index in [-0.39, 0.29) is 11.6 Å². The molecule has 1 aromatic heterocycles. The number of benzene rings is 1. The maximum absolute atomic E-state index is 11.9.